The van der Waals surface area contributed by atoms with Crippen LogP contribution in [-0.2, 0) is 17.8 Å². The third-order valence-corrected chi connectivity index (χ3v) is 4.91. The fraction of sp³-hybridized carbons (Fsp3) is 0.318. The minimum absolute atomic E-state index is 0.0866. The molecule has 2 aromatic heterocycles. The van der Waals surface area contributed by atoms with Gasteiger partial charge in [-0.2, -0.15) is 5.10 Å². The van der Waals surface area contributed by atoms with E-state index in [1.165, 1.54) is 0 Å². The van der Waals surface area contributed by atoms with Crippen molar-refractivity contribution in [2.45, 2.75) is 32.0 Å². The molecule has 1 aliphatic heterocycles. The number of ether oxygens (including phenoxy) is 1. The fourth-order valence-corrected chi connectivity index (χ4v) is 3.50. The maximum atomic E-state index is 13.1. The van der Waals surface area contributed by atoms with Crippen LogP contribution in [-0.4, -0.2) is 45.0 Å². The second-order valence-corrected chi connectivity index (χ2v) is 7.21. The summed E-state index contributed by atoms with van der Waals surface area (Å²) in [6.45, 7) is 2.48. The minimum atomic E-state index is -0.138. The molecule has 1 atom stereocenters. The average Bonchev–Trinajstić information content (AvgIpc) is 3.43. The van der Waals surface area contributed by atoms with Crippen molar-refractivity contribution in [2.75, 3.05) is 18.5 Å². The van der Waals surface area contributed by atoms with Crippen LogP contribution in [0.4, 0.5) is 10.5 Å². The molecule has 0 saturated carbocycles. The summed E-state index contributed by atoms with van der Waals surface area (Å²) in [5.41, 5.74) is 2.83. The lowest BCUT2D eigenvalue weighted by molar-refractivity contribution is 0.0819. The van der Waals surface area contributed by atoms with Gasteiger partial charge >= 0.3 is 6.03 Å². The molecule has 2 amide bonds. The van der Waals surface area contributed by atoms with Crippen LogP contribution in [0.1, 0.15) is 24.0 Å². The van der Waals surface area contributed by atoms with Crippen LogP contribution in [0.5, 0.6) is 0 Å². The van der Waals surface area contributed by atoms with Gasteiger partial charge in [0.05, 0.1) is 12.6 Å². The molecule has 0 unspecified atom stereocenters. The maximum Gasteiger partial charge on any atom is 0.322 e. The van der Waals surface area contributed by atoms with Crippen molar-refractivity contribution in [3.05, 3.63) is 78.4 Å². The molecule has 0 radical (unpaired) electrons. The molecule has 0 spiro atoms. The summed E-state index contributed by atoms with van der Waals surface area (Å²) in [4.78, 5) is 19.0. The maximum absolute atomic E-state index is 13.1. The van der Waals surface area contributed by atoms with Crippen molar-refractivity contribution >= 4 is 11.7 Å². The molecule has 1 N–H and O–H groups in total. The predicted octanol–water partition coefficient (Wildman–Crippen LogP) is 3.54. The Morgan fingerprint density at radius 1 is 1.21 bits per heavy atom. The fourth-order valence-electron chi connectivity index (χ4n) is 3.50. The molecule has 1 aromatic carbocycles. The van der Waals surface area contributed by atoms with E-state index in [4.69, 9.17) is 4.74 Å². The number of hydrogen-bond acceptors (Lipinski definition) is 4. The van der Waals surface area contributed by atoms with E-state index in [-0.39, 0.29) is 12.1 Å². The summed E-state index contributed by atoms with van der Waals surface area (Å²) >= 11 is 0. The summed E-state index contributed by atoms with van der Waals surface area (Å²) in [7, 11) is 0. The van der Waals surface area contributed by atoms with Gasteiger partial charge in [0.2, 0.25) is 0 Å². The number of carbonyl (C=O) groups is 1. The Hall–Kier alpha value is -3.19. The summed E-state index contributed by atoms with van der Waals surface area (Å²) in [6, 6.07) is 13.5. The van der Waals surface area contributed by atoms with E-state index in [1.807, 2.05) is 53.3 Å². The predicted molar refractivity (Wildman–Crippen MR) is 110 cm³/mol. The molecule has 3 aromatic rings. The van der Waals surface area contributed by atoms with Crippen molar-refractivity contribution < 1.29 is 9.53 Å². The van der Waals surface area contributed by atoms with Gasteiger partial charge in [-0.15, -0.1) is 0 Å². The Morgan fingerprint density at radius 3 is 2.90 bits per heavy atom. The second kappa shape index (κ2) is 9.34. The summed E-state index contributed by atoms with van der Waals surface area (Å²) in [6.07, 6.45) is 9.32. The number of aromatic nitrogens is 3. The highest BCUT2D eigenvalue weighted by Crippen LogP contribution is 2.17. The van der Waals surface area contributed by atoms with Crippen molar-refractivity contribution in [1.29, 1.82) is 0 Å². The van der Waals surface area contributed by atoms with Gasteiger partial charge in [-0.05, 0) is 48.2 Å². The van der Waals surface area contributed by atoms with Crippen LogP contribution in [0.2, 0.25) is 0 Å². The van der Waals surface area contributed by atoms with Crippen molar-refractivity contribution in [3.8, 4) is 0 Å². The monoisotopic (exact) mass is 391 g/mol. The van der Waals surface area contributed by atoms with E-state index in [2.05, 4.69) is 15.4 Å². The smallest absolute Gasteiger partial charge is 0.322 e. The molecule has 4 rings (SSSR count). The molecule has 150 valence electrons. The quantitative estimate of drug-likeness (QED) is 0.669. The normalized spacial score (nSPS) is 15.9. The zero-order valence-electron chi connectivity index (χ0n) is 16.3. The third-order valence-electron chi connectivity index (χ3n) is 4.91. The number of benzene rings is 1. The number of carbonyl (C=O) groups excluding carboxylic acids is 1. The summed E-state index contributed by atoms with van der Waals surface area (Å²) in [5, 5.41) is 7.27. The Bertz CT molecular complexity index is 908. The van der Waals surface area contributed by atoms with E-state index in [0.717, 1.165) is 36.3 Å². The van der Waals surface area contributed by atoms with Gasteiger partial charge in [0.1, 0.15) is 0 Å². The number of anilines is 1. The molecule has 1 fully saturated rings. The Kier molecular flexibility index (Phi) is 6.16. The van der Waals surface area contributed by atoms with Crippen LogP contribution in [0.25, 0.3) is 0 Å². The van der Waals surface area contributed by atoms with E-state index >= 15 is 0 Å². The molecule has 0 bridgehead atoms. The highest BCUT2D eigenvalue weighted by molar-refractivity contribution is 5.89. The molecule has 1 aliphatic rings. The van der Waals surface area contributed by atoms with Crippen LogP contribution in [0.3, 0.4) is 0 Å². The molecule has 7 nitrogen and oxygen atoms in total. The number of hydrogen-bond donors (Lipinski definition) is 1. The molecule has 29 heavy (non-hydrogen) atoms. The lowest BCUT2D eigenvalue weighted by Crippen LogP contribution is -2.39. The van der Waals surface area contributed by atoms with Crippen LogP contribution >= 0.6 is 0 Å². The molecule has 3 heterocycles. The highest BCUT2D eigenvalue weighted by atomic mass is 16.5. The first kappa shape index (κ1) is 19.1. The Balaban J connectivity index is 1.45. The third kappa shape index (κ3) is 5.42. The van der Waals surface area contributed by atoms with Gasteiger partial charge in [0.15, 0.2) is 0 Å². The number of urea groups is 1. The van der Waals surface area contributed by atoms with E-state index in [9.17, 15) is 4.79 Å². The highest BCUT2D eigenvalue weighted by Gasteiger charge is 2.23. The molecule has 7 heteroatoms. The van der Waals surface area contributed by atoms with Crippen molar-refractivity contribution in [2.24, 2.45) is 0 Å². The van der Waals surface area contributed by atoms with E-state index in [0.29, 0.717) is 19.6 Å². The largest absolute Gasteiger partial charge is 0.376 e. The number of nitrogens with zero attached hydrogens (tertiary/aromatic N) is 4. The van der Waals surface area contributed by atoms with Gasteiger partial charge in [-0.3, -0.25) is 9.67 Å². The van der Waals surface area contributed by atoms with Gasteiger partial charge in [0, 0.05) is 50.2 Å². The standard InChI is InChI=1S/C22H25N5O2/c28-22(25-20-7-1-5-18(13-20)16-27-11-4-10-24-27)26(17-21-8-3-12-29-21)15-19-6-2-9-23-14-19/h1-2,4-7,9-11,13-14,21H,3,8,12,15-17H2,(H,25,28)/t21-/m1/s1. The van der Waals surface area contributed by atoms with E-state index < -0.39 is 0 Å². The first-order chi connectivity index (χ1) is 14.3. The number of nitrogens with one attached hydrogen (secondary N) is 1. The average molecular weight is 391 g/mol. The Labute approximate surface area is 170 Å². The molecular weight excluding hydrogens is 366 g/mol. The second-order valence-electron chi connectivity index (χ2n) is 7.21. The molecule has 0 aliphatic carbocycles. The first-order valence-electron chi connectivity index (χ1n) is 9.89. The van der Waals surface area contributed by atoms with E-state index in [1.54, 1.807) is 23.5 Å². The first-order valence-corrected chi connectivity index (χ1v) is 9.89. The van der Waals surface area contributed by atoms with Crippen LogP contribution < -0.4 is 5.32 Å². The van der Waals surface area contributed by atoms with Gasteiger partial charge in [-0.25, -0.2) is 4.79 Å². The van der Waals surface area contributed by atoms with Gasteiger partial charge in [0.25, 0.3) is 0 Å². The van der Waals surface area contributed by atoms with Gasteiger partial charge < -0.3 is 15.0 Å². The van der Waals surface area contributed by atoms with Gasteiger partial charge in [-0.1, -0.05) is 18.2 Å². The summed E-state index contributed by atoms with van der Waals surface area (Å²) in [5.74, 6) is 0. The zero-order valence-corrected chi connectivity index (χ0v) is 16.3. The number of rotatable bonds is 7. The minimum Gasteiger partial charge on any atom is -0.376 e. The number of pyridine rings is 1. The molecule has 1 saturated heterocycles. The van der Waals surface area contributed by atoms with Crippen molar-refractivity contribution in [3.63, 3.8) is 0 Å². The molecular formula is C22H25N5O2. The van der Waals surface area contributed by atoms with Crippen molar-refractivity contribution in [1.82, 2.24) is 19.7 Å². The van der Waals surface area contributed by atoms with Crippen LogP contribution in [0, 0.1) is 0 Å². The zero-order chi connectivity index (χ0) is 19.9. The SMILES string of the molecule is O=C(Nc1cccc(Cn2cccn2)c1)N(Cc1cccnc1)C[C@H]1CCCO1. The summed E-state index contributed by atoms with van der Waals surface area (Å²) < 4.78 is 7.61. The topological polar surface area (TPSA) is 72.3 Å². The van der Waals surface area contributed by atoms with Crippen LogP contribution in [0.15, 0.2) is 67.3 Å². The lowest BCUT2D eigenvalue weighted by Gasteiger charge is -2.26. The Morgan fingerprint density at radius 2 is 2.14 bits per heavy atom. The lowest BCUT2D eigenvalue weighted by atomic mass is 10.2. The number of amides is 2.